The predicted octanol–water partition coefficient (Wildman–Crippen LogP) is 2.37. The van der Waals surface area contributed by atoms with Crippen molar-refractivity contribution in [3.63, 3.8) is 0 Å². The lowest BCUT2D eigenvalue weighted by Gasteiger charge is -2.45. The van der Waals surface area contributed by atoms with E-state index in [1.165, 1.54) is 17.5 Å². The first-order valence-corrected chi connectivity index (χ1v) is 5.33. The Morgan fingerprint density at radius 2 is 2.14 bits per heavy atom. The van der Waals surface area contributed by atoms with E-state index in [0.29, 0.717) is 0 Å². The molecule has 0 amide bonds. The van der Waals surface area contributed by atoms with Crippen LogP contribution >= 0.6 is 0 Å². The van der Waals surface area contributed by atoms with E-state index in [0.717, 1.165) is 18.6 Å². The van der Waals surface area contributed by atoms with Crippen LogP contribution in [0.25, 0.3) is 0 Å². The summed E-state index contributed by atoms with van der Waals surface area (Å²) < 4.78 is 0. The molecule has 2 heteroatoms. The fraction of sp³-hybridized carbons (Fsp3) is 0.583. The summed E-state index contributed by atoms with van der Waals surface area (Å²) in [7, 11) is 0. The molecule has 0 radical (unpaired) electrons. The summed E-state index contributed by atoms with van der Waals surface area (Å²) in [6, 6.07) is 3.57. The average Bonchev–Trinajstić information content (AvgIpc) is 2.17. The van der Waals surface area contributed by atoms with Gasteiger partial charge in [-0.1, -0.05) is 0 Å². The zero-order valence-electron chi connectivity index (χ0n) is 9.20. The van der Waals surface area contributed by atoms with E-state index in [1.54, 1.807) is 0 Å². The molecule has 76 valence electrons. The van der Waals surface area contributed by atoms with Gasteiger partial charge in [0.2, 0.25) is 0 Å². The first-order chi connectivity index (χ1) is 6.68. The van der Waals surface area contributed by atoms with Gasteiger partial charge in [-0.05, 0) is 44.4 Å². The van der Waals surface area contributed by atoms with E-state index in [1.807, 2.05) is 12.4 Å². The van der Waals surface area contributed by atoms with Gasteiger partial charge in [0, 0.05) is 31.0 Å². The minimum atomic E-state index is 0.740. The molecule has 1 aromatic rings. The Balaban J connectivity index is 2.07. The highest BCUT2D eigenvalue weighted by atomic mass is 15.2. The number of aromatic nitrogens is 1. The van der Waals surface area contributed by atoms with Crippen LogP contribution in [0, 0.1) is 6.92 Å². The maximum atomic E-state index is 4.18. The molecule has 14 heavy (non-hydrogen) atoms. The van der Waals surface area contributed by atoms with Crippen LogP contribution in [0.15, 0.2) is 18.5 Å². The summed E-state index contributed by atoms with van der Waals surface area (Å²) in [5.41, 5.74) is 2.72. The zero-order chi connectivity index (χ0) is 10.1. The first-order valence-electron chi connectivity index (χ1n) is 5.33. The third-order valence-corrected chi connectivity index (χ3v) is 3.31. The number of likely N-dealkylation sites (tertiary alicyclic amines) is 1. The quantitative estimate of drug-likeness (QED) is 0.711. The standard InChI is InChI=1S/C12H18N2/c1-9-4-5-13-7-12(9)8-14-10(2)6-11(14)3/h4-5,7,10-11H,6,8H2,1-3H3. The first kappa shape index (κ1) is 9.66. The number of aryl methyl sites for hydroxylation is 1. The normalized spacial score (nSPS) is 27.4. The molecule has 2 unspecified atom stereocenters. The van der Waals surface area contributed by atoms with Gasteiger partial charge >= 0.3 is 0 Å². The van der Waals surface area contributed by atoms with Gasteiger partial charge in [0.1, 0.15) is 0 Å². The van der Waals surface area contributed by atoms with E-state index in [-0.39, 0.29) is 0 Å². The largest absolute Gasteiger partial charge is 0.294 e. The van der Waals surface area contributed by atoms with Crippen molar-refractivity contribution in [2.45, 2.75) is 45.8 Å². The van der Waals surface area contributed by atoms with Gasteiger partial charge in [0.25, 0.3) is 0 Å². The Labute approximate surface area is 86.0 Å². The van der Waals surface area contributed by atoms with Crippen LogP contribution in [-0.2, 0) is 6.54 Å². The maximum absolute atomic E-state index is 4.18. The van der Waals surface area contributed by atoms with Crippen LogP contribution < -0.4 is 0 Å². The van der Waals surface area contributed by atoms with Crippen LogP contribution in [-0.4, -0.2) is 22.0 Å². The molecule has 1 aliphatic heterocycles. The summed E-state index contributed by atoms with van der Waals surface area (Å²) >= 11 is 0. The molecule has 2 nitrogen and oxygen atoms in total. The fourth-order valence-corrected chi connectivity index (χ4v) is 2.23. The van der Waals surface area contributed by atoms with Crippen molar-refractivity contribution >= 4 is 0 Å². The number of hydrogen-bond donors (Lipinski definition) is 0. The molecule has 0 aromatic carbocycles. The molecule has 1 aromatic heterocycles. The van der Waals surface area contributed by atoms with E-state index >= 15 is 0 Å². The van der Waals surface area contributed by atoms with Gasteiger partial charge in [-0.25, -0.2) is 0 Å². The number of rotatable bonds is 2. The topological polar surface area (TPSA) is 16.1 Å². The highest BCUT2D eigenvalue weighted by molar-refractivity contribution is 5.21. The molecule has 0 saturated carbocycles. The third kappa shape index (κ3) is 1.67. The van der Waals surface area contributed by atoms with E-state index < -0.39 is 0 Å². The molecule has 2 atom stereocenters. The van der Waals surface area contributed by atoms with Gasteiger partial charge in [-0.2, -0.15) is 0 Å². The molecule has 1 aliphatic rings. The molecule has 2 rings (SSSR count). The monoisotopic (exact) mass is 190 g/mol. The summed E-state index contributed by atoms with van der Waals surface area (Å²) in [6.45, 7) is 7.81. The minimum absolute atomic E-state index is 0.740. The Hall–Kier alpha value is -0.890. The predicted molar refractivity (Wildman–Crippen MR) is 58.1 cm³/mol. The second-order valence-corrected chi connectivity index (χ2v) is 4.41. The molecule has 2 heterocycles. The Morgan fingerprint density at radius 3 is 2.71 bits per heavy atom. The van der Waals surface area contributed by atoms with Crippen molar-refractivity contribution in [3.05, 3.63) is 29.6 Å². The fourth-order valence-electron chi connectivity index (χ4n) is 2.23. The lowest BCUT2D eigenvalue weighted by Crippen LogP contribution is -2.51. The Morgan fingerprint density at radius 1 is 1.43 bits per heavy atom. The van der Waals surface area contributed by atoms with Gasteiger partial charge in [0.15, 0.2) is 0 Å². The van der Waals surface area contributed by atoms with Crippen LogP contribution in [0.2, 0.25) is 0 Å². The van der Waals surface area contributed by atoms with Crippen molar-refractivity contribution in [2.24, 2.45) is 0 Å². The van der Waals surface area contributed by atoms with Gasteiger partial charge in [-0.3, -0.25) is 9.88 Å². The molecular weight excluding hydrogens is 172 g/mol. The van der Waals surface area contributed by atoms with Crippen LogP contribution in [0.1, 0.15) is 31.4 Å². The molecule has 0 aliphatic carbocycles. The lowest BCUT2D eigenvalue weighted by atomic mass is 9.94. The molecule has 1 saturated heterocycles. The van der Waals surface area contributed by atoms with Crippen molar-refractivity contribution < 1.29 is 0 Å². The Kier molecular flexibility index (Phi) is 2.55. The Bertz CT molecular complexity index is 314. The highest BCUT2D eigenvalue weighted by Gasteiger charge is 2.31. The van der Waals surface area contributed by atoms with E-state index in [4.69, 9.17) is 0 Å². The zero-order valence-corrected chi connectivity index (χ0v) is 9.20. The molecule has 0 spiro atoms. The smallest absolute Gasteiger partial charge is 0.0315 e. The van der Waals surface area contributed by atoms with Crippen molar-refractivity contribution in [1.82, 2.24) is 9.88 Å². The molecular formula is C12H18N2. The third-order valence-electron chi connectivity index (χ3n) is 3.31. The summed E-state index contributed by atoms with van der Waals surface area (Å²) in [5, 5.41) is 0. The molecule has 0 bridgehead atoms. The SMILES string of the molecule is Cc1ccncc1CN1C(C)CC1C. The average molecular weight is 190 g/mol. The van der Waals surface area contributed by atoms with Crippen LogP contribution in [0.3, 0.4) is 0 Å². The van der Waals surface area contributed by atoms with Crippen molar-refractivity contribution in [1.29, 1.82) is 0 Å². The van der Waals surface area contributed by atoms with Crippen molar-refractivity contribution in [3.8, 4) is 0 Å². The number of pyridine rings is 1. The van der Waals surface area contributed by atoms with E-state index in [2.05, 4.69) is 36.7 Å². The number of nitrogens with zero attached hydrogens (tertiary/aromatic N) is 2. The summed E-state index contributed by atoms with van der Waals surface area (Å²) in [6.07, 6.45) is 5.19. The molecule has 0 N–H and O–H groups in total. The number of hydrogen-bond acceptors (Lipinski definition) is 2. The van der Waals surface area contributed by atoms with Crippen molar-refractivity contribution in [2.75, 3.05) is 0 Å². The van der Waals surface area contributed by atoms with Crippen LogP contribution in [0.4, 0.5) is 0 Å². The minimum Gasteiger partial charge on any atom is -0.294 e. The lowest BCUT2D eigenvalue weighted by molar-refractivity contribution is 0.0293. The van der Waals surface area contributed by atoms with Crippen LogP contribution in [0.5, 0.6) is 0 Å². The summed E-state index contributed by atoms with van der Waals surface area (Å²) in [4.78, 5) is 6.71. The second-order valence-electron chi connectivity index (χ2n) is 4.41. The van der Waals surface area contributed by atoms with E-state index in [9.17, 15) is 0 Å². The van der Waals surface area contributed by atoms with Gasteiger partial charge in [0.05, 0.1) is 0 Å². The maximum Gasteiger partial charge on any atom is 0.0315 e. The molecule has 1 fully saturated rings. The van der Waals surface area contributed by atoms with Gasteiger partial charge in [-0.15, -0.1) is 0 Å². The summed E-state index contributed by atoms with van der Waals surface area (Å²) in [5.74, 6) is 0. The van der Waals surface area contributed by atoms with Gasteiger partial charge < -0.3 is 0 Å². The second kappa shape index (κ2) is 3.70. The highest BCUT2D eigenvalue weighted by Crippen LogP contribution is 2.27.